The lowest BCUT2D eigenvalue weighted by Gasteiger charge is -2.32. The zero-order chi connectivity index (χ0) is 33.0. The molecule has 0 saturated carbocycles. The molecule has 6 rings (SSSR count). The van der Waals surface area contributed by atoms with Crippen LogP contribution in [0.5, 0.6) is 0 Å². The van der Waals surface area contributed by atoms with E-state index in [1.54, 1.807) is 18.2 Å². The van der Waals surface area contributed by atoms with Crippen molar-refractivity contribution >= 4 is 28.6 Å². The Labute approximate surface area is 264 Å². The number of piperidine rings is 1. The van der Waals surface area contributed by atoms with Crippen molar-refractivity contribution in [1.29, 1.82) is 0 Å². The van der Waals surface area contributed by atoms with Crippen LogP contribution in [0.3, 0.4) is 0 Å². The Balaban J connectivity index is 0.00000204. The van der Waals surface area contributed by atoms with Gasteiger partial charge in [0.15, 0.2) is 5.65 Å². The van der Waals surface area contributed by atoms with Gasteiger partial charge in [-0.3, -0.25) is 14.2 Å². The number of pyridine rings is 1. The van der Waals surface area contributed by atoms with Gasteiger partial charge in [-0.2, -0.15) is 4.98 Å². The van der Waals surface area contributed by atoms with Gasteiger partial charge in [0.25, 0.3) is 11.5 Å². The van der Waals surface area contributed by atoms with Crippen LogP contribution >= 0.6 is 0 Å². The van der Waals surface area contributed by atoms with Crippen LogP contribution < -0.4 is 21.1 Å². The fourth-order valence-electron chi connectivity index (χ4n) is 5.49. The minimum absolute atomic E-state index is 0.0396. The fourth-order valence-corrected chi connectivity index (χ4v) is 5.49. The second-order valence-electron chi connectivity index (χ2n) is 10.7. The molecule has 0 bridgehead atoms. The molecule has 0 spiro atoms. The Bertz CT molecular complexity index is 1920. The third kappa shape index (κ3) is 6.50. The number of nitrogens with zero attached hydrogens (tertiary/aromatic N) is 4. The van der Waals surface area contributed by atoms with E-state index in [0.717, 1.165) is 35.1 Å². The quantitative estimate of drug-likeness (QED) is 0.219. The Hall–Kier alpha value is -5.03. The predicted molar refractivity (Wildman–Crippen MR) is 175 cm³/mol. The highest BCUT2D eigenvalue weighted by molar-refractivity contribution is 6.05. The first-order valence-electron chi connectivity index (χ1n) is 15.2. The normalized spacial score (nSPS) is 13.3. The highest BCUT2D eigenvalue weighted by Gasteiger charge is 2.25. The lowest BCUT2D eigenvalue weighted by Crippen LogP contribution is -2.42. The maximum absolute atomic E-state index is 15.1. The number of amides is 1. The number of carbonyl (C=O) groups is 1. The van der Waals surface area contributed by atoms with Gasteiger partial charge in [-0.25, -0.2) is 18.2 Å². The lowest BCUT2D eigenvalue weighted by atomic mass is 9.99. The average molecular weight is 629 g/mol. The van der Waals surface area contributed by atoms with Crippen molar-refractivity contribution in [1.82, 2.24) is 19.9 Å². The number of hydrogen-bond donors (Lipinski definition) is 2. The molecule has 3 aromatic carbocycles. The minimum Gasteiger partial charge on any atom is -0.341 e. The van der Waals surface area contributed by atoms with E-state index in [2.05, 4.69) is 10.6 Å². The van der Waals surface area contributed by atoms with Crippen molar-refractivity contribution in [2.45, 2.75) is 39.7 Å². The first-order valence-corrected chi connectivity index (χ1v) is 15.2. The molecule has 8 nitrogen and oxygen atoms in total. The minimum atomic E-state index is -0.910. The summed E-state index contributed by atoms with van der Waals surface area (Å²) in [5.74, 6) is -2.36. The highest BCUT2D eigenvalue weighted by Crippen LogP contribution is 2.33. The van der Waals surface area contributed by atoms with E-state index < -0.39 is 34.6 Å². The van der Waals surface area contributed by atoms with Crippen molar-refractivity contribution in [3.63, 3.8) is 0 Å². The van der Waals surface area contributed by atoms with Crippen LogP contribution in [0.1, 0.15) is 42.6 Å². The number of aryl methyl sites for hydroxylation is 1. The van der Waals surface area contributed by atoms with E-state index in [-0.39, 0.29) is 5.65 Å². The summed E-state index contributed by atoms with van der Waals surface area (Å²) in [6, 6.07) is 17.0. The molecule has 238 valence electrons. The summed E-state index contributed by atoms with van der Waals surface area (Å²) in [6.45, 7) is 7.11. The van der Waals surface area contributed by atoms with Gasteiger partial charge in [0.2, 0.25) is 5.95 Å². The smallest absolute Gasteiger partial charge is 0.256 e. The van der Waals surface area contributed by atoms with E-state index in [4.69, 9.17) is 9.97 Å². The zero-order valence-electron chi connectivity index (χ0n) is 26.1. The molecule has 0 unspecified atom stereocenters. The number of rotatable bonds is 6. The molecule has 5 aromatic rings. The van der Waals surface area contributed by atoms with Gasteiger partial charge < -0.3 is 15.5 Å². The Morgan fingerprint density at radius 1 is 0.891 bits per heavy atom. The van der Waals surface area contributed by atoms with Crippen LogP contribution in [-0.4, -0.2) is 46.6 Å². The molecule has 0 radical (unpaired) electrons. The van der Waals surface area contributed by atoms with Gasteiger partial charge in [0.05, 0.1) is 5.69 Å². The Kier molecular flexibility index (Phi) is 9.81. The monoisotopic (exact) mass is 628 g/mol. The van der Waals surface area contributed by atoms with Crippen molar-refractivity contribution in [2.24, 2.45) is 0 Å². The number of halogens is 3. The molecule has 1 aliphatic heterocycles. The number of aromatic nitrogens is 3. The number of fused-ring (bicyclic) bond motifs is 1. The number of benzene rings is 3. The van der Waals surface area contributed by atoms with Crippen LogP contribution in [0.4, 0.5) is 24.8 Å². The number of nitrogens with one attached hydrogen (secondary N) is 2. The van der Waals surface area contributed by atoms with Gasteiger partial charge >= 0.3 is 0 Å². The van der Waals surface area contributed by atoms with Crippen molar-refractivity contribution < 1.29 is 18.0 Å². The molecule has 0 atom stereocenters. The van der Waals surface area contributed by atoms with Crippen LogP contribution in [0.2, 0.25) is 0 Å². The molecule has 2 aromatic heterocycles. The topological polar surface area (TPSA) is 92.2 Å². The van der Waals surface area contributed by atoms with Gasteiger partial charge in [0.1, 0.15) is 23.1 Å². The molecule has 2 N–H and O–H groups in total. The molecule has 0 aliphatic carbocycles. The highest BCUT2D eigenvalue weighted by atomic mass is 19.1. The summed E-state index contributed by atoms with van der Waals surface area (Å²) in [6.07, 6.45) is 1.66. The zero-order valence-corrected chi connectivity index (χ0v) is 26.1. The second-order valence-corrected chi connectivity index (χ2v) is 10.7. The molecule has 1 fully saturated rings. The lowest BCUT2D eigenvalue weighted by molar-refractivity contribution is 0.102. The maximum Gasteiger partial charge on any atom is 0.256 e. The molecular weight excluding hydrogens is 593 g/mol. The van der Waals surface area contributed by atoms with Crippen LogP contribution in [0.15, 0.2) is 77.6 Å². The van der Waals surface area contributed by atoms with E-state index in [0.29, 0.717) is 53.0 Å². The summed E-state index contributed by atoms with van der Waals surface area (Å²) in [7, 11) is 1.91. The largest absolute Gasteiger partial charge is 0.341 e. The van der Waals surface area contributed by atoms with Crippen LogP contribution in [0, 0.1) is 24.4 Å². The summed E-state index contributed by atoms with van der Waals surface area (Å²) in [5, 5.41) is 6.42. The van der Waals surface area contributed by atoms with Gasteiger partial charge in [0, 0.05) is 47.4 Å². The van der Waals surface area contributed by atoms with Gasteiger partial charge in [-0.15, -0.1) is 0 Å². The van der Waals surface area contributed by atoms with Gasteiger partial charge in [-0.1, -0.05) is 26.0 Å². The Morgan fingerprint density at radius 2 is 1.57 bits per heavy atom. The van der Waals surface area contributed by atoms with Crippen molar-refractivity contribution in [3.05, 3.63) is 112 Å². The Morgan fingerprint density at radius 3 is 2.22 bits per heavy atom. The first kappa shape index (κ1) is 32.4. The summed E-state index contributed by atoms with van der Waals surface area (Å²) in [5.41, 5.74) is 1.35. The standard InChI is InChI=1S/C33H29F3N6O2.C2H6/c1-19-6-7-20(32(44)38-23-10-8-21(34)9-11-23)18-25(19)29-24-12-13-28(43)42(30-26(35)4-3-5-27(30)36)31(24)40-33(39-29)41-16-14-22(37-2)15-17-41;1-2/h3-13,18,22,37H,14-17H2,1-2H3,(H,38,44);1-2H3. The third-order valence-electron chi connectivity index (χ3n) is 7.94. The molecule has 3 heterocycles. The fraction of sp³-hybridized carbons (Fsp3) is 0.257. The average Bonchev–Trinajstić information content (AvgIpc) is 3.07. The summed E-state index contributed by atoms with van der Waals surface area (Å²) in [4.78, 5) is 38.1. The third-order valence-corrected chi connectivity index (χ3v) is 7.94. The predicted octanol–water partition coefficient (Wildman–Crippen LogP) is 6.64. The van der Waals surface area contributed by atoms with Gasteiger partial charge in [-0.05, 0) is 87.0 Å². The summed E-state index contributed by atoms with van der Waals surface area (Å²) < 4.78 is 44.5. The molecule has 1 amide bonds. The number of para-hydroxylation sites is 1. The maximum atomic E-state index is 15.1. The van der Waals surface area contributed by atoms with E-state index >= 15 is 8.78 Å². The second kappa shape index (κ2) is 13.9. The molecule has 1 saturated heterocycles. The van der Waals surface area contributed by atoms with E-state index in [9.17, 15) is 14.0 Å². The molecule has 46 heavy (non-hydrogen) atoms. The number of hydrogen-bond acceptors (Lipinski definition) is 6. The van der Waals surface area contributed by atoms with E-state index in [1.165, 1.54) is 42.5 Å². The first-order chi connectivity index (χ1) is 22.2. The van der Waals surface area contributed by atoms with Crippen molar-refractivity contribution in [2.75, 3.05) is 30.4 Å². The number of anilines is 2. The van der Waals surface area contributed by atoms with Crippen LogP contribution in [-0.2, 0) is 0 Å². The molecule has 11 heteroatoms. The van der Waals surface area contributed by atoms with E-state index in [1.807, 2.05) is 32.7 Å². The SMILES string of the molecule is CC.CNC1CCN(c2nc(-c3cc(C(=O)Nc4ccc(F)cc4)ccc3C)c3ccc(=O)n(-c4c(F)cccc4F)c3n2)CC1. The summed E-state index contributed by atoms with van der Waals surface area (Å²) >= 11 is 0. The number of carbonyl (C=O) groups excluding carboxylic acids is 1. The molecule has 1 aliphatic rings. The van der Waals surface area contributed by atoms with Crippen molar-refractivity contribution in [3.8, 4) is 16.9 Å². The molecular formula is C35H35F3N6O2. The van der Waals surface area contributed by atoms with Crippen LogP contribution in [0.25, 0.3) is 28.0 Å².